The molecule has 0 aromatic carbocycles. The number of aromatic nitrogens is 1. The van der Waals surface area contributed by atoms with Gasteiger partial charge in [0.1, 0.15) is 17.4 Å². The van der Waals surface area contributed by atoms with Crippen molar-refractivity contribution in [2.75, 3.05) is 44.9 Å². The Labute approximate surface area is 188 Å². The summed E-state index contributed by atoms with van der Waals surface area (Å²) in [5, 5.41) is 9.75. The van der Waals surface area contributed by atoms with Crippen LogP contribution in [0.4, 0.5) is 10.1 Å². The van der Waals surface area contributed by atoms with E-state index in [0.717, 1.165) is 18.5 Å². The van der Waals surface area contributed by atoms with Crippen molar-refractivity contribution in [2.45, 2.75) is 51.7 Å². The van der Waals surface area contributed by atoms with Gasteiger partial charge in [-0.2, -0.15) is 0 Å². The number of aliphatic carboxylic acids is 1. The summed E-state index contributed by atoms with van der Waals surface area (Å²) in [4.78, 5) is 33.1. The van der Waals surface area contributed by atoms with Gasteiger partial charge in [-0.05, 0) is 49.7 Å². The molecule has 0 spiro atoms. The molecule has 1 unspecified atom stereocenters. The monoisotopic (exact) mass is 451 g/mol. The minimum atomic E-state index is -1.10. The Morgan fingerprint density at radius 2 is 2.03 bits per heavy atom. The smallest absolute Gasteiger partial charge is 0.326 e. The second-order valence-electron chi connectivity index (χ2n) is 9.06. The second kappa shape index (κ2) is 10.9. The lowest BCUT2D eigenvalue weighted by molar-refractivity contribution is -0.143. The number of carbonyl (C=O) groups is 2. The molecular weight excluding hydrogens is 417 g/mol. The first-order chi connectivity index (χ1) is 15.3. The number of amides is 1. The molecule has 0 radical (unpaired) electrons. The number of methoxy groups -OCH3 is 1. The average molecular weight is 452 g/mol. The van der Waals surface area contributed by atoms with Crippen LogP contribution in [0.2, 0.25) is 0 Å². The van der Waals surface area contributed by atoms with Crippen LogP contribution in [0.5, 0.6) is 5.88 Å². The lowest BCUT2D eigenvalue weighted by Gasteiger charge is -2.40. The normalized spacial score (nSPS) is 17.2. The van der Waals surface area contributed by atoms with Gasteiger partial charge in [-0.3, -0.25) is 9.18 Å². The van der Waals surface area contributed by atoms with E-state index in [2.05, 4.69) is 9.88 Å². The van der Waals surface area contributed by atoms with Gasteiger partial charge in [-0.25, -0.2) is 9.78 Å². The van der Waals surface area contributed by atoms with E-state index >= 15 is 0 Å². The Bertz CT molecular complexity index is 796. The predicted molar refractivity (Wildman–Crippen MR) is 118 cm³/mol. The first-order valence-electron chi connectivity index (χ1n) is 11.3. The molecule has 178 valence electrons. The highest BCUT2D eigenvalue weighted by Gasteiger charge is 2.34. The molecule has 8 nitrogen and oxygen atoms in total. The van der Waals surface area contributed by atoms with Crippen LogP contribution in [0.25, 0.3) is 0 Å². The van der Waals surface area contributed by atoms with Crippen LogP contribution in [0.15, 0.2) is 12.1 Å². The number of alkyl halides is 1. The quantitative estimate of drug-likeness (QED) is 0.493. The van der Waals surface area contributed by atoms with Crippen molar-refractivity contribution in [1.82, 2.24) is 9.88 Å². The van der Waals surface area contributed by atoms with Gasteiger partial charge in [0.2, 0.25) is 5.88 Å². The van der Waals surface area contributed by atoms with Gasteiger partial charge >= 0.3 is 5.97 Å². The molecule has 1 aromatic heterocycles. The third kappa shape index (κ3) is 6.09. The zero-order valence-electron chi connectivity index (χ0n) is 19.1. The maximum Gasteiger partial charge on any atom is 0.326 e. The van der Waals surface area contributed by atoms with Gasteiger partial charge in [0, 0.05) is 26.7 Å². The Balaban J connectivity index is 1.85. The first kappa shape index (κ1) is 24.2. The molecule has 1 saturated carbocycles. The largest absolute Gasteiger partial charge is 0.480 e. The van der Waals surface area contributed by atoms with Crippen molar-refractivity contribution < 1.29 is 28.6 Å². The summed E-state index contributed by atoms with van der Waals surface area (Å²) in [6, 6.07) is 2.35. The SMILES string of the molecule is COC1CN(c2ccc(C(=O)N(CCCF)C(CC(C)C)C(=O)O)nc2OCC2CC2)C1. The minimum Gasteiger partial charge on any atom is -0.480 e. The van der Waals surface area contributed by atoms with Crippen molar-refractivity contribution in [3.8, 4) is 5.88 Å². The number of halogens is 1. The molecule has 0 bridgehead atoms. The van der Waals surface area contributed by atoms with Gasteiger partial charge in [0.05, 0.1) is 19.4 Å². The fourth-order valence-electron chi connectivity index (χ4n) is 3.75. The molecule has 1 atom stereocenters. The summed E-state index contributed by atoms with van der Waals surface area (Å²) in [7, 11) is 1.68. The van der Waals surface area contributed by atoms with Crippen molar-refractivity contribution in [1.29, 1.82) is 0 Å². The first-order valence-corrected chi connectivity index (χ1v) is 11.3. The summed E-state index contributed by atoms with van der Waals surface area (Å²) in [5.41, 5.74) is 0.903. The van der Waals surface area contributed by atoms with Crippen LogP contribution < -0.4 is 9.64 Å². The molecule has 1 aliphatic carbocycles. The zero-order chi connectivity index (χ0) is 23.3. The van der Waals surface area contributed by atoms with Crippen molar-refractivity contribution in [3.63, 3.8) is 0 Å². The van der Waals surface area contributed by atoms with Crippen LogP contribution in [0.1, 0.15) is 50.0 Å². The average Bonchev–Trinajstić information content (AvgIpc) is 3.55. The molecule has 2 heterocycles. The zero-order valence-corrected chi connectivity index (χ0v) is 19.1. The molecule has 3 rings (SSSR count). The maximum absolute atomic E-state index is 13.3. The fraction of sp³-hybridized carbons (Fsp3) is 0.696. The molecule has 9 heteroatoms. The van der Waals surface area contributed by atoms with Crippen LogP contribution in [0.3, 0.4) is 0 Å². The number of hydrogen-bond donors (Lipinski definition) is 1. The number of carbonyl (C=O) groups excluding carboxylic acids is 1. The number of anilines is 1. The molecule has 32 heavy (non-hydrogen) atoms. The molecule has 1 aliphatic heterocycles. The van der Waals surface area contributed by atoms with Crippen LogP contribution >= 0.6 is 0 Å². The highest BCUT2D eigenvalue weighted by atomic mass is 19.1. The fourth-order valence-corrected chi connectivity index (χ4v) is 3.75. The van der Waals surface area contributed by atoms with E-state index in [1.807, 2.05) is 13.8 Å². The van der Waals surface area contributed by atoms with Gasteiger partial charge in [-0.1, -0.05) is 13.8 Å². The topological polar surface area (TPSA) is 92.2 Å². The Hall–Kier alpha value is -2.42. The Morgan fingerprint density at radius 1 is 1.31 bits per heavy atom. The number of pyridine rings is 1. The van der Waals surface area contributed by atoms with Gasteiger partial charge in [-0.15, -0.1) is 0 Å². The highest BCUT2D eigenvalue weighted by Crippen LogP contribution is 2.34. The lowest BCUT2D eigenvalue weighted by atomic mass is 10.0. The van der Waals surface area contributed by atoms with Crippen LogP contribution in [-0.2, 0) is 9.53 Å². The van der Waals surface area contributed by atoms with E-state index in [4.69, 9.17) is 9.47 Å². The third-order valence-corrected chi connectivity index (χ3v) is 5.88. The van der Waals surface area contributed by atoms with Crippen LogP contribution in [-0.4, -0.2) is 79.0 Å². The van der Waals surface area contributed by atoms with Crippen molar-refractivity contribution in [2.24, 2.45) is 11.8 Å². The standard InChI is InChI=1S/C23H34FN3O5/c1-15(2)11-20(23(29)30)27(10-4-9-24)22(28)18-7-8-19(26-12-17(13-26)31-3)21(25-18)32-14-16-5-6-16/h7-8,15-17,20H,4-6,9-14H2,1-3H3,(H,29,30). The van der Waals surface area contributed by atoms with E-state index in [-0.39, 0.29) is 37.1 Å². The van der Waals surface area contributed by atoms with Crippen molar-refractivity contribution >= 4 is 17.6 Å². The third-order valence-electron chi connectivity index (χ3n) is 5.88. The van der Waals surface area contributed by atoms with Crippen molar-refractivity contribution in [3.05, 3.63) is 17.8 Å². The molecule has 1 N–H and O–H groups in total. The number of nitrogens with zero attached hydrogens (tertiary/aromatic N) is 3. The van der Waals surface area contributed by atoms with E-state index < -0.39 is 24.6 Å². The Morgan fingerprint density at radius 3 is 2.59 bits per heavy atom. The summed E-state index contributed by atoms with van der Waals surface area (Å²) >= 11 is 0. The molecule has 1 saturated heterocycles. The highest BCUT2D eigenvalue weighted by molar-refractivity contribution is 5.95. The van der Waals surface area contributed by atoms with E-state index in [1.54, 1.807) is 19.2 Å². The molecule has 2 aliphatic rings. The summed E-state index contributed by atoms with van der Waals surface area (Å²) < 4.78 is 24.2. The molecule has 1 amide bonds. The van der Waals surface area contributed by atoms with E-state index in [0.29, 0.717) is 31.5 Å². The van der Waals surface area contributed by atoms with Gasteiger partial charge in [0.25, 0.3) is 5.91 Å². The van der Waals surface area contributed by atoms with E-state index in [9.17, 15) is 19.1 Å². The second-order valence-corrected chi connectivity index (χ2v) is 9.06. The predicted octanol–water partition coefficient (Wildman–Crippen LogP) is 3.01. The molecule has 2 fully saturated rings. The van der Waals surface area contributed by atoms with E-state index in [1.165, 1.54) is 4.90 Å². The number of rotatable bonds is 13. The Kier molecular flexibility index (Phi) is 8.28. The summed E-state index contributed by atoms with van der Waals surface area (Å²) in [5.74, 6) is -0.676. The minimum absolute atomic E-state index is 0.0162. The maximum atomic E-state index is 13.3. The van der Waals surface area contributed by atoms with Gasteiger partial charge < -0.3 is 24.4 Å². The lowest BCUT2D eigenvalue weighted by Crippen LogP contribution is -2.52. The molecular formula is C23H34FN3O5. The number of hydrogen-bond acceptors (Lipinski definition) is 6. The summed E-state index contributed by atoms with van der Waals surface area (Å²) in [6.07, 6.45) is 2.74. The number of ether oxygens (including phenoxy) is 2. The molecule has 1 aromatic rings. The van der Waals surface area contributed by atoms with Crippen LogP contribution in [0, 0.1) is 11.8 Å². The number of carboxylic acids is 1. The van der Waals surface area contributed by atoms with Gasteiger partial charge in [0.15, 0.2) is 0 Å². The number of carboxylic acid groups (broad SMARTS) is 1. The summed E-state index contributed by atoms with van der Waals surface area (Å²) in [6.45, 7) is 5.14.